The lowest BCUT2D eigenvalue weighted by Crippen LogP contribution is -2.30. The number of aliphatic hydroxyl groups is 1. The molecule has 0 bridgehead atoms. The van der Waals surface area contributed by atoms with Crippen LogP contribution in [0.15, 0.2) is 30.3 Å². The predicted molar refractivity (Wildman–Crippen MR) is 84.5 cm³/mol. The highest BCUT2D eigenvalue weighted by atomic mass is 35.5. The fourth-order valence-corrected chi connectivity index (χ4v) is 2.27. The Morgan fingerprint density at radius 1 is 1.40 bits per heavy atom. The summed E-state index contributed by atoms with van der Waals surface area (Å²) in [5.41, 5.74) is 1.08. The topological polar surface area (TPSA) is 53.5 Å². The average Bonchev–Trinajstić information content (AvgIpc) is 2.84. The van der Waals surface area contributed by atoms with E-state index in [1.165, 1.54) is 0 Å². The first-order valence-electron chi connectivity index (χ1n) is 6.70. The number of halogens is 1. The van der Waals surface area contributed by atoms with Gasteiger partial charge in [0.1, 0.15) is 5.75 Å². The maximum absolute atomic E-state index is 9.65. The number of hydrogen-bond acceptors (Lipinski definition) is 4. The number of β-amino-alcohol motifs (C(OH)–C–C–N with tert-alkyl or cyclic N) is 1. The molecule has 1 fully saturated rings. The van der Waals surface area contributed by atoms with Crippen LogP contribution in [0.1, 0.15) is 5.56 Å². The van der Waals surface area contributed by atoms with Crippen molar-refractivity contribution in [1.29, 1.82) is 0 Å². The number of aliphatic hydroxyl groups excluding tert-OH is 1. The Kier molecular flexibility index (Phi) is 7.62. The van der Waals surface area contributed by atoms with Crippen molar-refractivity contribution in [3.63, 3.8) is 0 Å². The summed E-state index contributed by atoms with van der Waals surface area (Å²) < 4.78 is 5.28. The zero-order valence-corrected chi connectivity index (χ0v) is 12.5. The second kappa shape index (κ2) is 8.97. The van der Waals surface area contributed by atoms with Crippen molar-refractivity contribution in [2.75, 3.05) is 33.3 Å². The number of hydrogen-bond donors (Lipinski definition) is 3. The van der Waals surface area contributed by atoms with Crippen LogP contribution >= 0.6 is 12.4 Å². The van der Waals surface area contributed by atoms with Crippen molar-refractivity contribution in [3.8, 4) is 5.75 Å². The Morgan fingerprint density at radius 3 is 2.90 bits per heavy atom. The number of ether oxygens (including phenoxy) is 1. The molecule has 0 saturated carbocycles. The van der Waals surface area contributed by atoms with E-state index in [9.17, 15) is 5.11 Å². The first-order valence-corrected chi connectivity index (χ1v) is 6.70. The lowest BCUT2D eigenvalue weighted by molar-refractivity contribution is 0.147. The van der Waals surface area contributed by atoms with Crippen molar-refractivity contribution in [1.82, 2.24) is 10.6 Å². The molecule has 4 nitrogen and oxygen atoms in total. The molecular formula is C15H23ClN2O2. The third kappa shape index (κ3) is 4.80. The van der Waals surface area contributed by atoms with E-state index in [4.69, 9.17) is 4.74 Å². The van der Waals surface area contributed by atoms with Gasteiger partial charge >= 0.3 is 0 Å². The summed E-state index contributed by atoms with van der Waals surface area (Å²) in [6.07, 6.45) is 3.91. The average molecular weight is 299 g/mol. The van der Waals surface area contributed by atoms with Gasteiger partial charge in [0.25, 0.3) is 0 Å². The van der Waals surface area contributed by atoms with Gasteiger partial charge in [-0.05, 0) is 6.07 Å². The molecule has 112 valence electrons. The molecule has 0 aliphatic carbocycles. The summed E-state index contributed by atoms with van der Waals surface area (Å²) >= 11 is 0. The van der Waals surface area contributed by atoms with Gasteiger partial charge in [-0.2, -0.15) is 0 Å². The van der Waals surface area contributed by atoms with Crippen molar-refractivity contribution in [2.24, 2.45) is 5.92 Å². The second-order valence-corrected chi connectivity index (χ2v) is 4.79. The lowest BCUT2D eigenvalue weighted by Gasteiger charge is -2.12. The van der Waals surface area contributed by atoms with Gasteiger partial charge in [-0.3, -0.25) is 0 Å². The van der Waals surface area contributed by atoms with E-state index in [1.807, 2.05) is 24.3 Å². The smallest absolute Gasteiger partial charge is 0.126 e. The minimum Gasteiger partial charge on any atom is -0.496 e. The lowest BCUT2D eigenvalue weighted by atomic mass is 10.1. The molecule has 5 heteroatoms. The Hall–Kier alpha value is -1.07. The van der Waals surface area contributed by atoms with Crippen LogP contribution in [0.5, 0.6) is 5.75 Å². The van der Waals surface area contributed by atoms with Gasteiger partial charge in [-0.25, -0.2) is 0 Å². The highest BCUT2D eigenvalue weighted by molar-refractivity contribution is 5.85. The van der Waals surface area contributed by atoms with Crippen molar-refractivity contribution < 1.29 is 9.84 Å². The molecule has 1 aromatic rings. The fourth-order valence-electron chi connectivity index (χ4n) is 2.27. The van der Waals surface area contributed by atoms with Gasteiger partial charge in [-0.15, -0.1) is 12.4 Å². The molecule has 0 radical (unpaired) electrons. The maximum atomic E-state index is 9.65. The molecular weight excluding hydrogens is 276 g/mol. The van der Waals surface area contributed by atoms with Gasteiger partial charge in [-0.1, -0.05) is 30.4 Å². The molecule has 1 aromatic carbocycles. The number of nitrogens with one attached hydrogen (secondary N) is 2. The Balaban J connectivity index is 0.00000200. The zero-order chi connectivity index (χ0) is 13.5. The van der Waals surface area contributed by atoms with Crippen LogP contribution in [-0.2, 0) is 0 Å². The largest absolute Gasteiger partial charge is 0.496 e. The number of rotatable bonds is 6. The number of methoxy groups -OCH3 is 1. The minimum absolute atomic E-state index is 0. The normalized spacial score (nSPS) is 21.9. The summed E-state index contributed by atoms with van der Waals surface area (Å²) in [6, 6.07) is 7.94. The minimum atomic E-state index is -0.217. The molecule has 0 amide bonds. The molecule has 20 heavy (non-hydrogen) atoms. The number of benzene rings is 1. The van der Waals surface area contributed by atoms with Crippen LogP contribution in [0.3, 0.4) is 0 Å². The van der Waals surface area contributed by atoms with E-state index >= 15 is 0 Å². The Labute approximate surface area is 126 Å². The van der Waals surface area contributed by atoms with Gasteiger partial charge in [0.15, 0.2) is 0 Å². The maximum Gasteiger partial charge on any atom is 0.126 e. The van der Waals surface area contributed by atoms with Crippen LogP contribution in [0.2, 0.25) is 0 Å². The quantitative estimate of drug-likeness (QED) is 0.693. The van der Waals surface area contributed by atoms with Gasteiger partial charge < -0.3 is 20.5 Å². The van der Waals surface area contributed by atoms with E-state index in [2.05, 4.69) is 22.8 Å². The summed E-state index contributed by atoms with van der Waals surface area (Å²) in [6.45, 7) is 3.24. The highest BCUT2D eigenvalue weighted by Crippen LogP contribution is 2.18. The Bertz CT molecular complexity index is 426. The summed E-state index contributed by atoms with van der Waals surface area (Å²) in [4.78, 5) is 0. The fraction of sp³-hybridized carbons (Fsp3) is 0.467. The van der Waals surface area contributed by atoms with Crippen LogP contribution in [0, 0.1) is 5.92 Å². The first kappa shape index (κ1) is 17.0. The highest BCUT2D eigenvalue weighted by Gasteiger charge is 2.23. The van der Waals surface area contributed by atoms with Crippen molar-refractivity contribution in [2.45, 2.75) is 6.10 Å². The third-order valence-corrected chi connectivity index (χ3v) is 3.41. The van der Waals surface area contributed by atoms with Gasteiger partial charge in [0.05, 0.1) is 13.2 Å². The van der Waals surface area contributed by atoms with Crippen molar-refractivity contribution >= 4 is 18.5 Å². The Morgan fingerprint density at radius 2 is 2.20 bits per heavy atom. The summed E-state index contributed by atoms with van der Waals surface area (Å²) in [7, 11) is 1.68. The van der Waals surface area contributed by atoms with E-state index in [0.29, 0.717) is 12.5 Å². The molecule has 3 N–H and O–H groups in total. The van der Waals surface area contributed by atoms with Crippen LogP contribution in [0.4, 0.5) is 0 Å². The molecule has 1 aliphatic rings. The van der Waals surface area contributed by atoms with E-state index in [0.717, 1.165) is 30.9 Å². The molecule has 1 saturated heterocycles. The van der Waals surface area contributed by atoms with Crippen molar-refractivity contribution in [3.05, 3.63) is 35.9 Å². The molecule has 2 atom stereocenters. The van der Waals surface area contributed by atoms with Gasteiger partial charge in [0, 0.05) is 37.7 Å². The van der Waals surface area contributed by atoms with Gasteiger partial charge in [0.2, 0.25) is 0 Å². The molecule has 1 aliphatic heterocycles. The monoisotopic (exact) mass is 298 g/mol. The van der Waals surface area contributed by atoms with E-state index < -0.39 is 0 Å². The van der Waals surface area contributed by atoms with Crippen LogP contribution in [-0.4, -0.2) is 44.5 Å². The molecule has 0 aromatic heterocycles. The van der Waals surface area contributed by atoms with Crippen LogP contribution in [0.25, 0.3) is 6.08 Å². The SMILES string of the molecule is COc1ccccc1/C=C/CNCC1CNCC1O.Cl. The molecule has 0 spiro atoms. The van der Waals surface area contributed by atoms with Crippen LogP contribution < -0.4 is 15.4 Å². The summed E-state index contributed by atoms with van der Waals surface area (Å²) in [5, 5.41) is 16.2. The molecule has 2 unspecified atom stereocenters. The molecule has 1 heterocycles. The molecule has 2 rings (SSSR count). The number of para-hydroxylation sites is 1. The van der Waals surface area contributed by atoms with E-state index in [-0.39, 0.29) is 18.5 Å². The predicted octanol–water partition coefficient (Wildman–Crippen LogP) is 1.30. The summed E-state index contributed by atoms with van der Waals surface area (Å²) in [5.74, 6) is 1.20. The first-order chi connectivity index (χ1) is 9.31. The standard InChI is InChI=1S/C15H22N2O2.ClH/c1-19-15-7-3-2-5-12(15)6-4-8-16-9-13-10-17-11-14(13)18;/h2-7,13-14,16-18H,8-11H2,1H3;1H/b6-4+;. The van der Waals surface area contributed by atoms with E-state index in [1.54, 1.807) is 7.11 Å². The third-order valence-electron chi connectivity index (χ3n) is 3.41. The zero-order valence-electron chi connectivity index (χ0n) is 11.7. The second-order valence-electron chi connectivity index (χ2n) is 4.79.